The second kappa shape index (κ2) is 12.0. The first-order valence-corrected chi connectivity index (χ1v) is 13.4. The number of aromatic nitrogens is 3. The van der Waals surface area contributed by atoms with E-state index in [-0.39, 0.29) is 35.6 Å². The molecule has 2 atom stereocenters. The van der Waals surface area contributed by atoms with Crippen molar-refractivity contribution in [2.75, 3.05) is 24.3 Å². The highest BCUT2D eigenvalue weighted by atomic mass is 16.5. The lowest BCUT2D eigenvalue weighted by Gasteiger charge is -2.42. The van der Waals surface area contributed by atoms with Gasteiger partial charge < -0.3 is 25.6 Å². The molecule has 41 heavy (non-hydrogen) atoms. The first-order chi connectivity index (χ1) is 19.8. The van der Waals surface area contributed by atoms with Crippen LogP contribution < -0.4 is 25.6 Å². The number of nitrogens with one attached hydrogen (secondary N) is 3. The van der Waals surface area contributed by atoms with Gasteiger partial charge in [-0.1, -0.05) is 6.58 Å². The molecule has 2 aromatic heterocycles. The van der Waals surface area contributed by atoms with Crippen molar-refractivity contribution in [3.8, 4) is 11.5 Å². The van der Waals surface area contributed by atoms with Gasteiger partial charge in [0.2, 0.25) is 11.9 Å². The summed E-state index contributed by atoms with van der Waals surface area (Å²) in [5.41, 5.74) is 1.85. The van der Waals surface area contributed by atoms with Gasteiger partial charge in [-0.25, -0.2) is 9.78 Å². The fourth-order valence-corrected chi connectivity index (χ4v) is 5.09. The Bertz CT molecular complexity index is 1460. The number of nitrogens with zero attached hydrogens (tertiary/aromatic N) is 5. The number of carbonyl (C=O) groups excluding carboxylic acids is 3. The number of benzene rings is 1. The molecule has 0 bridgehead atoms. The minimum absolute atomic E-state index is 0.0366. The smallest absolute Gasteiger partial charge is 0.325 e. The van der Waals surface area contributed by atoms with Gasteiger partial charge in [-0.2, -0.15) is 4.98 Å². The highest BCUT2D eigenvalue weighted by molar-refractivity contribution is 5.94. The highest BCUT2D eigenvalue weighted by Crippen LogP contribution is 2.34. The summed E-state index contributed by atoms with van der Waals surface area (Å²) >= 11 is 0. The van der Waals surface area contributed by atoms with Crippen molar-refractivity contribution in [3.05, 3.63) is 72.7 Å². The minimum Gasteiger partial charge on any atom is -0.457 e. The van der Waals surface area contributed by atoms with E-state index < -0.39 is 0 Å². The van der Waals surface area contributed by atoms with E-state index >= 15 is 0 Å². The van der Waals surface area contributed by atoms with Crippen LogP contribution in [0, 0.1) is 0 Å². The molecule has 3 heterocycles. The van der Waals surface area contributed by atoms with Gasteiger partial charge in [0.05, 0.1) is 6.54 Å². The van der Waals surface area contributed by atoms with Crippen molar-refractivity contribution in [2.45, 2.75) is 44.3 Å². The molecule has 1 aliphatic carbocycles. The summed E-state index contributed by atoms with van der Waals surface area (Å²) in [6, 6.07) is 10.2. The molecule has 212 valence electrons. The molecule has 3 N–H and O–H groups in total. The largest absolute Gasteiger partial charge is 0.457 e. The second-order valence-electron chi connectivity index (χ2n) is 9.99. The summed E-state index contributed by atoms with van der Waals surface area (Å²) in [5.74, 6) is 1.49. The monoisotopic (exact) mass is 556 g/mol. The fraction of sp³-hybridized carbons (Fsp3) is 0.310. The SMILES string of the molecule is C=CC(=O)NC1CCCC(N2C(=O)N(C)Cc3cnc(Nc4ccc(Oc5ccnc(C(=O)NC)c5)cc4)nc32)C1. The Kier molecular flexibility index (Phi) is 8.09. The van der Waals surface area contributed by atoms with Crippen LogP contribution in [0.2, 0.25) is 0 Å². The molecular formula is C29H32N8O4. The van der Waals surface area contributed by atoms with Crippen LogP contribution in [-0.4, -0.2) is 63.9 Å². The summed E-state index contributed by atoms with van der Waals surface area (Å²) in [4.78, 5) is 53.7. The lowest BCUT2D eigenvalue weighted by atomic mass is 9.89. The van der Waals surface area contributed by atoms with E-state index in [2.05, 4.69) is 32.5 Å². The van der Waals surface area contributed by atoms with E-state index in [4.69, 9.17) is 9.72 Å². The lowest BCUT2D eigenvalue weighted by molar-refractivity contribution is -0.117. The Morgan fingerprint density at radius 2 is 1.93 bits per heavy atom. The number of hydrogen-bond acceptors (Lipinski definition) is 8. The number of rotatable bonds is 8. The Morgan fingerprint density at radius 1 is 1.12 bits per heavy atom. The van der Waals surface area contributed by atoms with Crippen molar-refractivity contribution in [1.82, 2.24) is 30.5 Å². The molecule has 2 unspecified atom stereocenters. The van der Waals surface area contributed by atoms with Gasteiger partial charge in [-0.15, -0.1) is 0 Å². The average Bonchev–Trinajstić information content (AvgIpc) is 2.99. The summed E-state index contributed by atoms with van der Waals surface area (Å²) < 4.78 is 5.88. The van der Waals surface area contributed by atoms with Crippen molar-refractivity contribution >= 4 is 35.3 Å². The molecule has 12 nitrogen and oxygen atoms in total. The second-order valence-corrected chi connectivity index (χ2v) is 9.99. The third-order valence-corrected chi connectivity index (χ3v) is 7.09. The van der Waals surface area contributed by atoms with Crippen molar-refractivity contribution in [2.24, 2.45) is 0 Å². The van der Waals surface area contributed by atoms with Crippen LogP contribution in [0.5, 0.6) is 11.5 Å². The Morgan fingerprint density at radius 3 is 2.68 bits per heavy atom. The number of fused-ring (bicyclic) bond motifs is 1. The number of carbonyl (C=O) groups is 3. The van der Waals surface area contributed by atoms with Gasteiger partial charge in [0, 0.05) is 55.9 Å². The molecule has 1 saturated carbocycles. The number of amides is 4. The summed E-state index contributed by atoms with van der Waals surface area (Å²) in [6.07, 6.45) is 7.71. The predicted molar refractivity (Wildman–Crippen MR) is 153 cm³/mol. The van der Waals surface area contributed by atoms with E-state index in [1.54, 1.807) is 54.4 Å². The van der Waals surface area contributed by atoms with E-state index in [1.807, 2.05) is 12.1 Å². The van der Waals surface area contributed by atoms with Gasteiger partial charge in [0.1, 0.15) is 23.0 Å². The minimum atomic E-state index is -0.297. The first-order valence-electron chi connectivity index (χ1n) is 13.4. The Labute approximate surface area is 237 Å². The summed E-state index contributed by atoms with van der Waals surface area (Å²) in [6.45, 7) is 3.95. The van der Waals surface area contributed by atoms with Crippen LogP contribution in [-0.2, 0) is 11.3 Å². The third kappa shape index (κ3) is 6.26. The number of ether oxygens (including phenoxy) is 1. The lowest BCUT2D eigenvalue weighted by Crippen LogP contribution is -2.54. The zero-order valence-corrected chi connectivity index (χ0v) is 23.0. The first kappa shape index (κ1) is 27.6. The summed E-state index contributed by atoms with van der Waals surface area (Å²) in [5, 5.41) is 8.72. The van der Waals surface area contributed by atoms with Gasteiger partial charge in [0.25, 0.3) is 5.91 Å². The topological polar surface area (TPSA) is 142 Å². The molecule has 1 aliphatic heterocycles. The molecule has 4 amide bonds. The van der Waals surface area contributed by atoms with E-state index in [0.29, 0.717) is 36.2 Å². The highest BCUT2D eigenvalue weighted by Gasteiger charge is 2.38. The number of anilines is 3. The Hall–Kier alpha value is -5.00. The van der Waals surface area contributed by atoms with Crippen LogP contribution in [0.4, 0.5) is 22.2 Å². The van der Waals surface area contributed by atoms with Gasteiger partial charge in [-0.3, -0.25) is 19.5 Å². The molecule has 3 aromatic rings. The van der Waals surface area contributed by atoms with Crippen molar-refractivity contribution in [1.29, 1.82) is 0 Å². The molecule has 5 rings (SSSR count). The predicted octanol–water partition coefficient (Wildman–Crippen LogP) is 3.75. The van der Waals surface area contributed by atoms with Crippen LogP contribution in [0.3, 0.4) is 0 Å². The fourth-order valence-electron chi connectivity index (χ4n) is 5.09. The molecule has 0 radical (unpaired) electrons. The average molecular weight is 557 g/mol. The molecule has 2 aliphatic rings. The maximum Gasteiger partial charge on any atom is 0.325 e. The summed E-state index contributed by atoms with van der Waals surface area (Å²) in [7, 11) is 3.31. The molecule has 1 aromatic carbocycles. The maximum atomic E-state index is 13.3. The van der Waals surface area contributed by atoms with Gasteiger partial charge in [0.15, 0.2) is 0 Å². The number of urea groups is 1. The van der Waals surface area contributed by atoms with Crippen LogP contribution in [0.15, 0.2) is 61.4 Å². The Balaban J connectivity index is 1.31. The van der Waals surface area contributed by atoms with Crippen LogP contribution >= 0.6 is 0 Å². The molecule has 12 heteroatoms. The van der Waals surface area contributed by atoms with Crippen LogP contribution in [0.1, 0.15) is 41.7 Å². The molecular weight excluding hydrogens is 524 g/mol. The normalized spacial score (nSPS) is 18.2. The van der Waals surface area contributed by atoms with Crippen LogP contribution in [0.25, 0.3) is 0 Å². The molecule has 0 spiro atoms. The molecule has 0 saturated heterocycles. The quantitative estimate of drug-likeness (QED) is 0.356. The van der Waals surface area contributed by atoms with Crippen molar-refractivity contribution < 1.29 is 19.1 Å². The maximum absolute atomic E-state index is 13.3. The van der Waals surface area contributed by atoms with Gasteiger partial charge in [-0.05, 0) is 62.1 Å². The molecule has 1 fully saturated rings. The van der Waals surface area contributed by atoms with E-state index in [1.165, 1.54) is 12.3 Å². The third-order valence-electron chi connectivity index (χ3n) is 7.09. The number of pyridine rings is 1. The zero-order valence-electron chi connectivity index (χ0n) is 23.0. The van der Waals surface area contributed by atoms with Gasteiger partial charge >= 0.3 is 6.03 Å². The van der Waals surface area contributed by atoms with Crippen molar-refractivity contribution in [3.63, 3.8) is 0 Å². The number of hydrogen-bond donors (Lipinski definition) is 3. The standard InChI is InChI=1S/C29H32N8O4/c1-4-25(38)33-20-6-5-7-21(14-20)37-26-18(17-36(3)29(37)40)16-32-28(35-26)34-19-8-10-22(11-9-19)41-23-12-13-31-24(15-23)27(39)30-2/h4,8-13,15-16,20-21H,1,5-7,14,17H2,2-3H3,(H,30,39)(H,33,38)(H,32,34,35). The zero-order chi connectivity index (χ0) is 28.9. The van der Waals surface area contributed by atoms with E-state index in [9.17, 15) is 14.4 Å². The van der Waals surface area contributed by atoms with E-state index in [0.717, 1.165) is 30.5 Å².